The van der Waals surface area contributed by atoms with E-state index in [2.05, 4.69) is 12.2 Å². The number of hydrogen-bond acceptors (Lipinski definition) is 1. The molecule has 23 valence electrons. The molecule has 0 aliphatic rings. The maximum absolute atomic E-state index is 7.13. The van der Waals surface area contributed by atoms with Crippen molar-refractivity contribution in [2.45, 2.75) is 0 Å². The van der Waals surface area contributed by atoms with Crippen LogP contribution in [0.2, 0.25) is 0 Å². The first-order chi connectivity index (χ1) is 1.41. The molecule has 1 radical (unpaired) electrons. The molecule has 0 aromatic carbocycles. The molecule has 0 saturated heterocycles. The van der Waals surface area contributed by atoms with Crippen LogP contribution < -0.4 is 0 Å². The Labute approximate surface area is 40.1 Å². The van der Waals surface area contributed by atoms with Crippen LogP contribution in [0.3, 0.4) is 0 Å². The van der Waals surface area contributed by atoms with E-state index in [1.165, 1.54) is 5.16 Å². The minimum Gasteiger partial charge on any atom is -0.753 e. The van der Waals surface area contributed by atoms with Gasteiger partial charge >= 0.3 is 16.8 Å². The molecule has 1 nitrogen and oxygen atoms in total. The van der Waals surface area contributed by atoms with E-state index in [1.54, 1.807) is 0 Å². The van der Waals surface area contributed by atoms with Gasteiger partial charge in [0.1, 0.15) is 0 Å². The van der Waals surface area contributed by atoms with Gasteiger partial charge in [0.2, 0.25) is 0 Å². The number of rotatable bonds is 0. The zero-order chi connectivity index (χ0) is 2.71. The van der Waals surface area contributed by atoms with Crippen molar-refractivity contribution in [2.75, 3.05) is 0 Å². The summed E-state index contributed by atoms with van der Waals surface area (Å²) in [6.07, 6.45) is 0. The third kappa shape index (κ3) is 41.9. The standard InChI is InChI=1S/CNS.Co/c2-1-3;/q-1;+2. The van der Waals surface area contributed by atoms with Crippen molar-refractivity contribution >= 4 is 17.4 Å². The molecule has 0 rings (SSSR count). The van der Waals surface area contributed by atoms with Crippen LogP contribution in [0.5, 0.6) is 0 Å². The Morgan fingerprint density at radius 2 is 1.75 bits per heavy atom. The minimum atomic E-state index is 0. The predicted molar refractivity (Wildman–Crippen MR) is 16.0 cm³/mol. The molecule has 0 amide bonds. The van der Waals surface area contributed by atoms with Gasteiger partial charge in [0.15, 0.2) is 0 Å². The average Bonchev–Trinajstić information content (AvgIpc) is 0.918. The van der Waals surface area contributed by atoms with Crippen LogP contribution in [0.25, 0.3) is 5.41 Å². The van der Waals surface area contributed by atoms with Crippen molar-refractivity contribution in [3.63, 3.8) is 0 Å². The van der Waals surface area contributed by atoms with E-state index in [0.717, 1.165) is 0 Å². The topological polar surface area (TPSA) is 22.3 Å². The first-order valence-electron chi connectivity index (χ1n) is 0.428. The molecular formula is CCoNS+. The van der Waals surface area contributed by atoms with Crippen LogP contribution in [-0.4, -0.2) is 5.16 Å². The molecule has 0 aromatic heterocycles. The normalized spacial score (nSPS) is 2.00. The molecule has 0 spiro atoms. The SMILES string of the molecule is [Co+2].[N-]=C=S. The van der Waals surface area contributed by atoms with Gasteiger partial charge in [-0.05, 0) is 0 Å². The fraction of sp³-hybridized carbons (Fsp3) is 0. The molecule has 0 atom stereocenters. The van der Waals surface area contributed by atoms with Crippen molar-refractivity contribution in [3.05, 3.63) is 5.41 Å². The minimum absolute atomic E-state index is 0. The molecule has 0 N–H and O–H groups in total. The molecule has 0 saturated carbocycles. The van der Waals surface area contributed by atoms with Crippen LogP contribution in [-0.2, 0) is 16.8 Å². The quantitative estimate of drug-likeness (QED) is 0.337. The van der Waals surface area contributed by atoms with Crippen molar-refractivity contribution in [1.29, 1.82) is 0 Å². The van der Waals surface area contributed by atoms with Gasteiger partial charge in [0, 0.05) is 0 Å². The summed E-state index contributed by atoms with van der Waals surface area (Å²) >= 11 is 3.70. The third-order valence-electron chi connectivity index (χ3n) is 0. The van der Waals surface area contributed by atoms with Gasteiger partial charge in [0.05, 0.1) is 0 Å². The summed E-state index contributed by atoms with van der Waals surface area (Å²) in [4.78, 5) is 0. The van der Waals surface area contributed by atoms with Crippen LogP contribution in [0.15, 0.2) is 0 Å². The Morgan fingerprint density at radius 3 is 1.75 bits per heavy atom. The largest absolute Gasteiger partial charge is 2.00 e. The van der Waals surface area contributed by atoms with Crippen molar-refractivity contribution in [3.8, 4) is 0 Å². The van der Waals surface area contributed by atoms with E-state index in [4.69, 9.17) is 5.41 Å². The van der Waals surface area contributed by atoms with Crippen LogP contribution in [0.4, 0.5) is 0 Å². The third-order valence-corrected chi connectivity index (χ3v) is 0. The monoisotopic (exact) mass is 117 g/mol. The van der Waals surface area contributed by atoms with Gasteiger partial charge < -0.3 is 5.41 Å². The summed E-state index contributed by atoms with van der Waals surface area (Å²) in [7, 11) is 0. The van der Waals surface area contributed by atoms with Crippen molar-refractivity contribution < 1.29 is 16.8 Å². The maximum atomic E-state index is 7.13. The number of nitrogens with zero attached hydrogens (tertiary/aromatic N) is 1. The van der Waals surface area contributed by atoms with E-state index in [1.807, 2.05) is 0 Å². The predicted octanol–water partition coefficient (Wildman–Crippen LogP) is 0.656. The Bertz CT molecular complexity index is 29.0. The molecule has 4 heavy (non-hydrogen) atoms. The maximum Gasteiger partial charge on any atom is 2.00 e. The smallest absolute Gasteiger partial charge is 0.753 e. The molecular weight excluding hydrogens is 117 g/mol. The van der Waals surface area contributed by atoms with Crippen molar-refractivity contribution in [2.24, 2.45) is 0 Å². The fourth-order valence-electron chi connectivity index (χ4n) is 0. The molecule has 0 aromatic rings. The van der Waals surface area contributed by atoms with Crippen LogP contribution in [0, 0.1) is 0 Å². The molecule has 0 heterocycles. The first kappa shape index (κ1) is 8.85. The summed E-state index contributed by atoms with van der Waals surface area (Å²) in [5.41, 5.74) is 0. The van der Waals surface area contributed by atoms with Gasteiger partial charge in [-0.25, -0.2) is 0 Å². The molecule has 0 fully saturated rings. The molecule has 0 aliphatic heterocycles. The summed E-state index contributed by atoms with van der Waals surface area (Å²) in [6.45, 7) is 0. The summed E-state index contributed by atoms with van der Waals surface area (Å²) < 4.78 is 0. The summed E-state index contributed by atoms with van der Waals surface area (Å²) in [5, 5.41) is 8.47. The zero-order valence-corrected chi connectivity index (χ0v) is 3.55. The first-order valence-corrected chi connectivity index (χ1v) is 0.836. The van der Waals surface area contributed by atoms with E-state index < -0.39 is 0 Å². The molecule has 3 heteroatoms. The molecule has 0 bridgehead atoms. The summed E-state index contributed by atoms with van der Waals surface area (Å²) in [6, 6.07) is 0. The van der Waals surface area contributed by atoms with Gasteiger partial charge in [-0.1, -0.05) is 12.2 Å². The average molecular weight is 117 g/mol. The second-order valence-corrected chi connectivity index (χ2v) is 0.274. The van der Waals surface area contributed by atoms with Gasteiger partial charge in [-0.15, -0.1) is 0 Å². The second-order valence-electron chi connectivity index (χ2n) is 0.0913. The van der Waals surface area contributed by atoms with E-state index in [0.29, 0.717) is 0 Å². The van der Waals surface area contributed by atoms with Crippen molar-refractivity contribution in [1.82, 2.24) is 0 Å². The number of thiocarbonyl (C=S) groups is 1. The molecule has 0 aliphatic carbocycles. The van der Waals surface area contributed by atoms with Gasteiger partial charge in [-0.3, -0.25) is 0 Å². The Hall–Kier alpha value is 0.306. The Kier molecular flexibility index (Phi) is 22.8. The second kappa shape index (κ2) is 10.3. The van der Waals surface area contributed by atoms with E-state index in [-0.39, 0.29) is 16.8 Å². The Morgan fingerprint density at radius 1 is 1.75 bits per heavy atom. The molecule has 0 unspecified atom stereocenters. The number of hydrogen-bond donors (Lipinski definition) is 0. The zero-order valence-electron chi connectivity index (χ0n) is 1.69. The van der Waals surface area contributed by atoms with E-state index >= 15 is 0 Å². The number of isothiocyanates is 1. The van der Waals surface area contributed by atoms with Gasteiger partial charge in [-0.2, -0.15) is 5.16 Å². The fourth-order valence-corrected chi connectivity index (χ4v) is 0. The summed E-state index contributed by atoms with van der Waals surface area (Å²) in [5.74, 6) is 0. The van der Waals surface area contributed by atoms with Crippen LogP contribution >= 0.6 is 12.2 Å². The van der Waals surface area contributed by atoms with Crippen LogP contribution in [0.1, 0.15) is 0 Å². The van der Waals surface area contributed by atoms with Gasteiger partial charge in [0.25, 0.3) is 0 Å². The Balaban J connectivity index is 0. The van der Waals surface area contributed by atoms with E-state index in [9.17, 15) is 0 Å².